The van der Waals surface area contributed by atoms with Crippen LogP contribution in [0.1, 0.15) is 32.3 Å². The van der Waals surface area contributed by atoms with E-state index in [0.717, 1.165) is 0 Å². The molecule has 20 heavy (non-hydrogen) atoms. The van der Waals surface area contributed by atoms with Crippen molar-refractivity contribution in [2.75, 3.05) is 12.3 Å². The summed E-state index contributed by atoms with van der Waals surface area (Å²) in [5.41, 5.74) is 6.06. The van der Waals surface area contributed by atoms with Crippen LogP contribution in [0, 0.1) is 6.92 Å². The molecule has 4 N–H and O–H groups in total. The lowest BCUT2D eigenvalue weighted by molar-refractivity contribution is 0.233. The molecule has 0 spiro atoms. The Morgan fingerprint density at radius 2 is 2.05 bits per heavy atom. The highest BCUT2D eigenvalue weighted by Crippen LogP contribution is 2.28. The summed E-state index contributed by atoms with van der Waals surface area (Å²) >= 11 is 3.25. The summed E-state index contributed by atoms with van der Waals surface area (Å²) in [6, 6.07) is 3.20. The topological polar surface area (TPSA) is 92.4 Å². The molecule has 1 rings (SSSR count). The minimum atomic E-state index is -3.70. The number of hydrogen-bond acceptors (Lipinski definition) is 4. The monoisotopic (exact) mass is 364 g/mol. The summed E-state index contributed by atoms with van der Waals surface area (Å²) in [5.74, 6) is 0. The van der Waals surface area contributed by atoms with E-state index >= 15 is 0 Å². The number of nitrogens with one attached hydrogen (secondary N) is 1. The molecule has 0 radical (unpaired) electrons. The van der Waals surface area contributed by atoms with Crippen molar-refractivity contribution in [3.8, 4) is 0 Å². The van der Waals surface area contributed by atoms with Gasteiger partial charge in [-0.3, -0.25) is 0 Å². The summed E-state index contributed by atoms with van der Waals surface area (Å²) in [4.78, 5) is 0.155. The zero-order chi connectivity index (χ0) is 15.6. The van der Waals surface area contributed by atoms with Gasteiger partial charge in [0.2, 0.25) is 10.0 Å². The molecule has 1 unspecified atom stereocenters. The number of nitrogen functional groups attached to an aromatic ring is 1. The third-order valence-electron chi connectivity index (χ3n) is 3.48. The molecule has 0 amide bonds. The van der Waals surface area contributed by atoms with Crippen LogP contribution in [-0.2, 0) is 10.0 Å². The molecule has 0 saturated heterocycles. The quantitative estimate of drug-likeness (QED) is 0.674. The largest absolute Gasteiger partial charge is 0.398 e. The number of benzene rings is 1. The predicted octanol–water partition coefficient (Wildman–Crippen LogP) is 2.17. The van der Waals surface area contributed by atoms with Crippen molar-refractivity contribution >= 4 is 31.6 Å². The van der Waals surface area contributed by atoms with Crippen molar-refractivity contribution in [1.29, 1.82) is 0 Å². The maximum Gasteiger partial charge on any atom is 0.241 e. The molecule has 0 bridgehead atoms. The van der Waals surface area contributed by atoms with E-state index in [9.17, 15) is 8.42 Å². The zero-order valence-electron chi connectivity index (χ0n) is 11.9. The minimum Gasteiger partial charge on any atom is -0.398 e. The van der Waals surface area contributed by atoms with Crippen LogP contribution >= 0.6 is 15.9 Å². The maximum absolute atomic E-state index is 12.5. The molecule has 1 aromatic carbocycles. The molecule has 5 nitrogen and oxygen atoms in total. The Bertz CT molecular complexity index is 590. The van der Waals surface area contributed by atoms with Gasteiger partial charge in [0, 0.05) is 22.3 Å². The van der Waals surface area contributed by atoms with Crippen molar-refractivity contribution in [2.45, 2.75) is 44.0 Å². The first-order valence-electron chi connectivity index (χ1n) is 6.35. The first-order valence-corrected chi connectivity index (χ1v) is 8.63. The molecule has 0 heterocycles. The molecule has 0 aliphatic carbocycles. The third kappa shape index (κ3) is 3.94. The molecule has 0 aromatic heterocycles. The van der Waals surface area contributed by atoms with E-state index in [1.807, 2.05) is 6.92 Å². The van der Waals surface area contributed by atoms with Gasteiger partial charge >= 0.3 is 0 Å². The zero-order valence-corrected chi connectivity index (χ0v) is 14.3. The standard InChI is InChI=1S/C13H21BrN2O3S/c1-4-13(3,5-6-17)16-20(18,19)12-8-10(14)7-11(15)9(12)2/h7-8,16-17H,4-6,15H2,1-3H3. The third-order valence-corrected chi connectivity index (χ3v) is 5.70. The van der Waals surface area contributed by atoms with E-state index in [4.69, 9.17) is 10.8 Å². The second-order valence-corrected chi connectivity index (χ2v) is 7.68. The Morgan fingerprint density at radius 1 is 1.45 bits per heavy atom. The molecule has 0 fully saturated rings. The lowest BCUT2D eigenvalue weighted by Gasteiger charge is -2.29. The summed E-state index contributed by atoms with van der Waals surface area (Å²) in [7, 11) is -3.70. The van der Waals surface area contributed by atoms with Gasteiger partial charge in [-0.2, -0.15) is 0 Å². The van der Waals surface area contributed by atoms with Crippen LogP contribution in [-0.4, -0.2) is 25.7 Å². The van der Waals surface area contributed by atoms with Crippen LogP contribution in [0.3, 0.4) is 0 Å². The van der Waals surface area contributed by atoms with Gasteiger partial charge in [0.05, 0.1) is 4.90 Å². The summed E-state index contributed by atoms with van der Waals surface area (Å²) < 4.78 is 28.4. The highest BCUT2D eigenvalue weighted by molar-refractivity contribution is 9.10. The van der Waals surface area contributed by atoms with E-state index in [1.54, 1.807) is 19.9 Å². The fourth-order valence-corrected chi connectivity index (χ4v) is 4.31. The molecule has 1 aromatic rings. The number of nitrogens with two attached hydrogens (primary N) is 1. The van der Waals surface area contributed by atoms with E-state index < -0.39 is 15.6 Å². The average Bonchev–Trinajstić information content (AvgIpc) is 2.33. The van der Waals surface area contributed by atoms with Gasteiger partial charge in [0.15, 0.2) is 0 Å². The number of sulfonamides is 1. The van der Waals surface area contributed by atoms with Gasteiger partial charge in [-0.15, -0.1) is 0 Å². The summed E-state index contributed by atoms with van der Waals surface area (Å²) in [5, 5.41) is 9.08. The van der Waals surface area contributed by atoms with Gasteiger partial charge in [-0.1, -0.05) is 22.9 Å². The van der Waals surface area contributed by atoms with Gasteiger partial charge in [0.1, 0.15) is 0 Å². The number of aliphatic hydroxyl groups is 1. The number of anilines is 1. The molecule has 0 saturated carbocycles. The number of rotatable bonds is 6. The summed E-state index contributed by atoms with van der Waals surface area (Å²) in [6.45, 7) is 5.25. The highest BCUT2D eigenvalue weighted by atomic mass is 79.9. The van der Waals surface area contributed by atoms with Crippen molar-refractivity contribution in [3.63, 3.8) is 0 Å². The van der Waals surface area contributed by atoms with Gasteiger partial charge in [-0.05, 0) is 44.4 Å². The van der Waals surface area contributed by atoms with Crippen LogP contribution in [0.2, 0.25) is 0 Å². The molecule has 0 aliphatic heterocycles. The normalized spacial score (nSPS) is 15.1. The van der Waals surface area contributed by atoms with E-state index in [0.29, 0.717) is 28.6 Å². The maximum atomic E-state index is 12.5. The molecule has 7 heteroatoms. The number of halogens is 1. The Hall–Kier alpha value is -0.630. The first-order chi connectivity index (χ1) is 9.15. The van der Waals surface area contributed by atoms with Crippen molar-refractivity contribution in [2.24, 2.45) is 0 Å². The van der Waals surface area contributed by atoms with Crippen molar-refractivity contribution in [3.05, 3.63) is 22.2 Å². The smallest absolute Gasteiger partial charge is 0.241 e. The molecule has 0 aliphatic rings. The molecular formula is C13H21BrN2O3S. The van der Waals surface area contributed by atoms with Crippen LogP contribution < -0.4 is 10.5 Å². The number of hydrogen-bond donors (Lipinski definition) is 3. The van der Waals surface area contributed by atoms with Crippen LogP contribution in [0.15, 0.2) is 21.5 Å². The Labute approximate surface area is 128 Å². The Balaban J connectivity index is 3.24. The SMILES string of the molecule is CCC(C)(CCO)NS(=O)(=O)c1cc(Br)cc(N)c1C. The van der Waals surface area contributed by atoms with Crippen LogP contribution in [0.4, 0.5) is 5.69 Å². The Morgan fingerprint density at radius 3 is 2.55 bits per heavy atom. The fourth-order valence-electron chi connectivity index (χ4n) is 1.88. The van der Waals surface area contributed by atoms with E-state index in [1.165, 1.54) is 6.07 Å². The van der Waals surface area contributed by atoms with Gasteiger partial charge in [-0.25, -0.2) is 13.1 Å². The molecule has 114 valence electrons. The van der Waals surface area contributed by atoms with Gasteiger partial charge in [0.25, 0.3) is 0 Å². The average molecular weight is 365 g/mol. The van der Waals surface area contributed by atoms with Crippen molar-refractivity contribution < 1.29 is 13.5 Å². The lowest BCUT2D eigenvalue weighted by Crippen LogP contribution is -2.46. The second-order valence-electron chi connectivity index (χ2n) is 5.11. The van der Waals surface area contributed by atoms with Crippen LogP contribution in [0.25, 0.3) is 0 Å². The van der Waals surface area contributed by atoms with Gasteiger partial charge < -0.3 is 10.8 Å². The van der Waals surface area contributed by atoms with Crippen molar-refractivity contribution in [1.82, 2.24) is 4.72 Å². The summed E-state index contributed by atoms with van der Waals surface area (Å²) in [6.07, 6.45) is 0.931. The number of aliphatic hydroxyl groups excluding tert-OH is 1. The molecule has 1 atom stereocenters. The highest BCUT2D eigenvalue weighted by Gasteiger charge is 2.30. The predicted molar refractivity (Wildman–Crippen MR) is 84.0 cm³/mol. The first kappa shape index (κ1) is 17.4. The van der Waals surface area contributed by atoms with E-state index in [-0.39, 0.29) is 11.5 Å². The van der Waals surface area contributed by atoms with Crippen LogP contribution in [0.5, 0.6) is 0 Å². The minimum absolute atomic E-state index is 0.0769. The Kier molecular flexibility index (Phi) is 5.60. The second kappa shape index (κ2) is 6.43. The fraction of sp³-hybridized carbons (Fsp3) is 0.538. The lowest BCUT2D eigenvalue weighted by atomic mass is 9.97. The molecular weight excluding hydrogens is 344 g/mol. The van der Waals surface area contributed by atoms with E-state index in [2.05, 4.69) is 20.7 Å².